The van der Waals surface area contributed by atoms with Crippen LogP contribution in [0.5, 0.6) is 0 Å². The fraction of sp³-hybridized carbons (Fsp3) is 0.393. The number of carbonyl (C=O) groups excluding carboxylic acids is 1. The van der Waals surface area contributed by atoms with Crippen molar-refractivity contribution in [2.24, 2.45) is 0 Å². The second-order valence-electron chi connectivity index (χ2n) is 10.6. The highest BCUT2D eigenvalue weighted by Gasteiger charge is 2.46. The summed E-state index contributed by atoms with van der Waals surface area (Å²) in [7, 11) is 2.01. The van der Waals surface area contributed by atoms with Gasteiger partial charge in [-0.1, -0.05) is 12.1 Å². The Labute approximate surface area is 202 Å². The molecule has 6 nitrogen and oxygen atoms in total. The van der Waals surface area contributed by atoms with Gasteiger partial charge in [-0.05, 0) is 80.8 Å². The van der Waals surface area contributed by atoms with Crippen molar-refractivity contribution in [1.29, 1.82) is 0 Å². The van der Waals surface area contributed by atoms with Crippen molar-refractivity contribution < 1.29 is 14.7 Å². The van der Waals surface area contributed by atoms with E-state index in [9.17, 15) is 10.0 Å². The molecule has 1 fully saturated rings. The summed E-state index contributed by atoms with van der Waals surface area (Å²) in [4.78, 5) is 16.9. The third-order valence-corrected chi connectivity index (χ3v) is 6.63. The molecule has 0 radical (unpaired) electrons. The van der Waals surface area contributed by atoms with E-state index in [0.29, 0.717) is 18.4 Å². The van der Waals surface area contributed by atoms with Crippen molar-refractivity contribution in [2.45, 2.75) is 64.3 Å². The van der Waals surface area contributed by atoms with Gasteiger partial charge in [0, 0.05) is 62.3 Å². The van der Waals surface area contributed by atoms with Crippen LogP contribution in [0.25, 0.3) is 0 Å². The molecule has 1 N–H and O–H groups in total. The predicted molar refractivity (Wildman–Crippen MR) is 134 cm³/mol. The van der Waals surface area contributed by atoms with Crippen LogP contribution >= 0.6 is 0 Å². The van der Waals surface area contributed by atoms with E-state index in [1.807, 2.05) is 76.3 Å². The lowest BCUT2D eigenvalue weighted by atomic mass is 9.80. The van der Waals surface area contributed by atoms with Crippen molar-refractivity contribution in [1.82, 2.24) is 14.9 Å². The van der Waals surface area contributed by atoms with E-state index >= 15 is 0 Å². The lowest BCUT2D eigenvalue weighted by Gasteiger charge is -2.50. The number of piperidine rings is 1. The molecule has 3 aliphatic rings. The molecule has 0 spiro atoms. The number of rotatable bonds is 4. The minimum atomic E-state index is -0.457. The largest absolute Gasteiger partial charge is 0.459 e. The molecule has 4 rings (SSSR count). The van der Waals surface area contributed by atoms with Gasteiger partial charge >= 0.3 is 5.97 Å². The van der Waals surface area contributed by atoms with Crippen LogP contribution in [0.3, 0.4) is 0 Å². The number of allylic oxidation sites excluding steroid dienone is 6. The number of carbonyl (C=O) groups is 1. The zero-order chi connectivity index (χ0) is 24.5. The van der Waals surface area contributed by atoms with E-state index < -0.39 is 11.1 Å². The average molecular weight is 462 g/mol. The Morgan fingerprint density at radius 2 is 1.41 bits per heavy atom. The minimum absolute atomic E-state index is 0.234. The first-order valence-electron chi connectivity index (χ1n) is 11.8. The van der Waals surface area contributed by atoms with E-state index in [-0.39, 0.29) is 12.1 Å². The maximum atomic E-state index is 12.8. The second kappa shape index (κ2) is 9.28. The molecule has 0 atom stereocenters. The predicted octanol–water partition coefficient (Wildman–Crippen LogP) is 5.37. The summed E-state index contributed by atoms with van der Waals surface area (Å²) in [5.41, 5.74) is 3.10. The molecular weight excluding hydrogens is 426 g/mol. The van der Waals surface area contributed by atoms with Crippen LogP contribution in [0.1, 0.15) is 56.5 Å². The first-order chi connectivity index (χ1) is 16.0. The van der Waals surface area contributed by atoms with Gasteiger partial charge < -0.3 is 19.7 Å². The fourth-order valence-corrected chi connectivity index (χ4v) is 4.89. The van der Waals surface area contributed by atoms with Crippen LogP contribution in [0.15, 0.2) is 84.5 Å². The normalized spacial score (nSPS) is 21.9. The van der Waals surface area contributed by atoms with Crippen LogP contribution in [-0.2, 0) is 11.3 Å². The maximum absolute atomic E-state index is 12.8. The van der Waals surface area contributed by atoms with Crippen LogP contribution in [0.4, 0.5) is 0 Å². The lowest BCUT2D eigenvalue weighted by molar-refractivity contribution is -0.256. The van der Waals surface area contributed by atoms with Gasteiger partial charge in [-0.25, -0.2) is 4.79 Å². The molecule has 34 heavy (non-hydrogen) atoms. The monoisotopic (exact) mass is 461 g/mol. The van der Waals surface area contributed by atoms with E-state index in [1.54, 1.807) is 0 Å². The second-order valence-corrected chi connectivity index (χ2v) is 10.6. The topological polar surface area (TPSA) is 56.2 Å². The third-order valence-electron chi connectivity index (χ3n) is 6.63. The van der Waals surface area contributed by atoms with Gasteiger partial charge in [-0.15, -0.1) is 0 Å². The van der Waals surface area contributed by atoms with Crippen LogP contribution in [-0.4, -0.2) is 50.3 Å². The molecule has 6 heteroatoms. The summed E-state index contributed by atoms with van der Waals surface area (Å²) in [6.45, 7) is 8.58. The van der Waals surface area contributed by atoms with Crippen molar-refractivity contribution >= 4 is 5.97 Å². The van der Waals surface area contributed by atoms with Gasteiger partial charge in [0.2, 0.25) is 0 Å². The third kappa shape index (κ3) is 5.34. The van der Waals surface area contributed by atoms with Crippen molar-refractivity contribution in [3.8, 4) is 0 Å². The number of ether oxygens (including phenoxy) is 1. The molecule has 0 unspecified atom stereocenters. The van der Waals surface area contributed by atoms with Crippen LogP contribution in [0, 0.1) is 0 Å². The Bertz CT molecular complexity index is 1030. The molecule has 0 aromatic heterocycles. The van der Waals surface area contributed by atoms with E-state index in [0.717, 1.165) is 12.1 Å². The average Bonchev–Trinajstić information content (AvgIpc) is 2.79. The lowest BCUT2D eigenvalue weighted by Crippen LogP contribution is -2.60. The first-order valence-corrected chi connectivity index (χ1v) is 11.8. The Hall–Kier alpha value is -3.09. The number of esters is 1. The number of nitrogens with zero attached hydrogens (tertiary/aromatic N) is 3. The van der Waals surface area contributed by atoms with E-state index in [2.05, 4.69) is 41.6 Å². The SMILES string of the molecule is CN1C=CC(=C2C=CN(Cc3ccc(C(=O)OC4CC(C)(C)N(O)C(C)(C)C4)cc3)C=C2)C=C1. The summed E-state index contributed by atoms with van der Waals surface area (Å²) >= 11 is 0. The molecule has 1 aromatic rings. The smallest absolute Gasteiger partial charge is 0.338 e. The summed E-state index contributed by atoms with van der Waals surface area (Å²) < 4.78 is 5.83. The molecule has 1 saturated heterocycles. The van der Waals surface area contributed by atoms with Gasteiger partial charge in [0.25, 0.3) is 0 Å². The van der Waals surface area contributed by atoms with Gasteiger partial charge in [-0.3, -0.25) is 0 Å². The molecule has 0 aliphatic carbocycles. The van der Waals surface area contributed by atoms with Crippen molar-refractivity contribution in [3.05, 3.63) is 95.6 Å². The highest BCUT2D eigenvalue weighted by Crippen LogP contribution is 2.38. The molecule has 1 aromatic carbocycles. The Morgan fingerprint density at radius 1 is 0.912 bits per heavy atom. The molecule has 0 amide bonds. The van der Waals surface area contributed by atoms with Crippen molar-refractivity contribution in [3.63, 3.8) is 0 Å². The Kier molecular flexibility index (Phi) is 6.56. The van der Waals surface area contributed by atoms with Gasteiger partial charge in [0.15, 0.2) is 0 Å². The molecular formula is C28H35N3O3. The van der Waals surface area contributed by atoms with Crippen LogP contribution in [0.2, 0.25) is 0 Å². The molecule has 0 bridgehead atoms. The number of benzene rings is 1. The number of hydroxylamine groups is 2. The zero-order valence-electron chi connectivity index (χ0n) is 20.7. The molecule has 0 saturated carbocycles. The summed E-state index contributed by atoms with van der Waals surface area (Å²) in [6, 6.07) is 7.60. The zero-order valence-corrected chi connectivity index (χ0v) is 20.7. The Morgan fingerprint density at radius 3 is 1.94 bits per heavy atom. The Balaban J connectivity index is 1.34. The minimum Gasteiger partial charge on any atom is -0.459 e. The summed E-state index contributed by atoms with van der Waals surface area (Å²) in [5.74, 6) is -0.317. The van der Waals surface area contributed by atoms with E-state index in [4.69, 9.17) is 4.74 Å². The van der Waals surface area contributed by atoms with Crippen LogP contribution < -0.4 is 0 Å². The summed E-state index contributed by atoms with van der Waals surface area (Å²) in [5, 5.41) is 11.9. The highest BCUT2D eigenvalue weighted by atomic mass is 16.5. The van der Waals surface area contributed by atoms with Gasteiger partial charge in [0.1, 0.15) is 6.10 Å². The van der Waals surface area contributed by atoms with Gasteiger partial charge in [-0.2, -0.15) is 5.06 Å². The van der Waals surface area contributed by atoms with E-state index in [1.165, 1.54) is 16.2 Å². The molecule has 3 heterocycles. The highest BCUT2D eigenvalue weighted by molar-refractivity contribution is 5.89. The van der Waals surface area contributed by atoms with Crippen molar-refractivity contribution in [2.75, 3.05) is 7.05 Å². The number of hydrogen-bond acceptors (Lipinski definition) is 6. The number of hydrogen-bond donors (Lipinski definition) is 1. The van der Waals surface area contributed by atoms with Gasteiger partial charge in [0.05, 0.1) is 5.56 Å². The molecule has 3 aliphatic heterocycles. The standard InChI is InChI=1S/C28H35N3O3/c1-27(2)18-25(19-28(3,4)31(27)33)34-26(32)24-8-6-21(7-9-24)20-30-16-12-23(13-17-30)22-10-14-29(5)15-11-22/h6-17,25,33H,18-20H2,1-5H3. The quantitative estimate of drug-likeness (QED) is 0.609. The fourth-order valence-electron chi connectivity index (χ4n) is 4.89. The maximum Gasteiger partial charge on any atom is 0.338 e. The summed E-state index contributed by atoms with van der Waals surface area (Å²) in [6.07, 6.45) is 17.6. The molecule has 180 valence electrons. The first kappa shape index (κ1) is 24.0.